The predicted molar refractivity (Wildman–Crippen MR) is 129 cm³/mol. The molecule has 8 nitrogen and oxygen atoms in total. The number of piperazine rings is 1. The second-order valence-corrected chi connectivity index (χ2v) is 9.84. The molecule has 0 bridgehead atoms. The van der Waals surface area contributed by atoms with E-state index in [0.717, 1.165) is 31.7 Å². The number of Topliss-reactive ketones (excluding diaryl/α,β-unsaturated/α-hetero) is 1. The summed E-state index contributed by atoms with van der Waals surface area (Å²) >= 11 is 0. The summed E-state index contributed by atoms with van der Waals surface area (Å²) in [7, 11) is 5.24. The lowest BCUT2D eigenvalue weighted by Crippen LogP contribution is -2.43. The van der Waals surface area contributed by atoms with Crippen molar-refractivity contribution in [2.24, 2.45) is 10.4 Å². The van der Waals surface area contributed by atoms with E-state index in [4.69, 9.17) is 14.2 Å². The molecule has 180 valence electrons. The van der Waals surface area contributed by atoms with Crippen LogP contribution in [0, 0.1) is 16.7 Å². The first-order valence-corrected chi connectivity index (χ1v) is 11.5. The third-order valence-corrected chi connectivity index (χ3v) is 6.64. The second-order valence-electron chi connectivity index (χ2n) is 9.84. The molecule has 3 aliphatic rings. The molecular formula is C26H32N4O4. The van der Waals surface area contributed by atoms with Crippen LogP contribution in [-0.2, 0) is 9.53 Å². The summed E-state index contributed by atoms with van der Waals surface area (Å²) in [5.41, 5.74) is 1.41. The first kappa shape index (κ1) is 23.8. The number of carbonyl (C=O) groups is 1. The Balaban J connectivity index is 1.80. The molecule has 8 heteroatoms. The number of ketones is 1. The minimum absolute atomic E-state index is 0.000817. The monoisotopic (exact) mass is 464 g/mol. The number of rotatable bonds is 5. The van der Waals surface area contributed by atoms with Crippen LogP contribution in [0.15, 0.2) is 46.0 Å². The van der Waals surface area contributed by atoms with E-state index in [1.807, 2.05) is 12.1 Å². The van der Waals surface area contributed by atoms with Gasteiger partial charge in [-0.05, 0) is 30.2 Å². The number of methoxy groups -OCH3 is 2. The van der Waals surface area contributed by atoms with E-state index in [2.05, 4.69) is 41.8 Å². The lowest BCUT2D eigenvalue weighted by atomic mass is 9.70. The van der Waals surface area contributed by atoms with E-state index in [0.29, 0.717) is 41.2 Å². The SMILES string of the molecule is COc1ccc([C@@H]2C(C#N)=C(N=CN3CCN(C)CC3)OC3=C2C(=O)CC(C)(C)C3)cc1OC. The minimum atomic E-state index is -0.572. The van der Waals surface area contributed by atoms with Crippen LogP contribution in [0.4, 0.5) is 0 Å². The quantitative estimate of drug-likeness (QED) is 0.487. The van der Waals surface area contributed by atoms with Crippen LogP contribution in [0.5, 0.6) is 11.5 Å². The molecule has 0 unspecified atom stereocenters. The maximum Gasteiger partial charge on any atom is 0.235 e. The number of hydrogen-bond donors (Lipinski definition) is 0. The van der Waals surface area contributed by atoms with Crippen LogP contribution in [0.25, 0.3) is 0 Å². The van der Waals surface area contributed by atoms with Gasteiger partial charge in [-0.15, -0.1) is 0 Å². The van der Waals surface area contributed by atoms with Crippen LogP contribution >= 0.6 is 0 Å². The Kier molecular flexibility index (Phi) is 6.67. The Morgan fingerprint density at radius 3 is 2.50 bits per heavy atom. The maximum absolute atomic E-state index is 13.3. The highest BCUT2D eigenvalue weighted by Gasteiger charge is 2.43. The number of likely N-dealkylation sites (N-methyl/N-ethyl adjacent to an activating group) is 1. The third kappa shape index (κ3) is 4.66. The van der Waals surface area contributed by atoms with Crippen molar-refractivity contribution in [3.8, 4) is 17.6 Å². The summed E-state index contributed by atoms with van der Waals surface area (Å²) in [5.74, 6) is 1.41. The predicted octanol–water partition coefficient (Wildman–Crippen LogP) is 3.47. The van der Waals surface area contributed by atoms with Crippen molar-refractivity contribution >= 4 is 12.1 Å². The van der Waals surface area contributed by atoms with Crippen molar-refractivity contribution in [1.82, 2.24) is 9.80 Å². The van der Waals surface area contributed by atoms with Crippen molar-refractivity contribution in [1.29, 1.82) is 5.26 Å². The Morgan fingerprint density at radius 2 is 1.85 bits per heavy atom. The van der Waals surface area contributed by atoms with Gasteiger partial charge in [0.05, 0.1) is 26.5 Å². The van der Waals surface area contributed by atoms with Gasteiger partial charge < -0.3 is 24.0 Å². The molecule has 1 atom stereocenters. The van der Waals surface area contributed by atoms with E-state index in [1.165, 1.54) is 0 Å². The number of ether oxygens (including phenoxy) is 3. The zero-order valence-electron chi connectivity index (χ0n) is 20.6. The van der Waals surface area contributed by atoms with Gasteiger partial charge in [0.2, 0.25) is 5.88 Å². The highest BCUT2D eigenvalue weighted by atomic mass is 16.5. The van der Waals surface area contributed by atoms with Crippen molar-refractivity contribution in [3.05, 3.63) is 46.6 Å². The van der Waals surface area contributed by atoms with Gasteiger partial charge in [-0.1, -0.05) is 19.9 Å². The standard InChI is InChI=1S/C26H32N4O4/c1-26(2)13-19(31)24-22(14-26)34-25(28-16-30-10-8-29(3)9-11-30)18(15-27)23(24)17-6-7-20(32-4)21(12-17)33-5/h6-7,12,16,23H,8-11,13-14H2,1-5H3/t23-/m1/s1. The molecule has 1 fully saturated rings. The second kappa shape index (κ2) is 9.51. The Bertz CT molecular complexity index is 1100. The number of aliphatic imine (C=N–C) groups is 1. The minimum Gasteiger partial charge on any atom is -0.493 e. The number of nitriles is 1. The highest BCUT2D eigenvalue weighted by Crippen LogP contribution is 2.49. The molecule has 0 spiro atoms. The van der Waals surface area contributed by atoms with Crippen LogP contribution in [0.1, 0.15) is 38.2 Å². The summed E-state index contributed by atoms with van der Waals surface area (Å²) in [4.78, 5) is 22.3. The topological polar surface area (TPSA) is 87.4 Å². The Labute approximate surface area is 201 Å². The maximum atomic E-state index is 13.3. The summed E-state index contributed by atoms with van der Waals surface area (Å²) in [6.45, 7) is 7.72. The summed E-state index contributed by atoms with van der Waals surface area (Å²) in [6.07, 6.45) is 2.76. The number of allylic oxidation sites excluding steroid dienone is 3. The van der Waals surface area contributed by atoms with Crippen molar-refractivity contribution < 1.29 is 19.0 Å². The average Bonchev–Trinajstić information content (AvgIpc) is 2.81. The van der Waals surface area contributed by atoms with E-state index in [9.17, 15) is 10.1 Å². The molecule has 0 saturated carbocycles. The molecule has 2 aliphatic heterocycles. The fourth-order valence-electron chi connectivity index (χ4n) is 4.78. The Morgan fingerprint density at radius 1 is 1.15 bits per heavy atom. The normalized spacial score (nSPS) is 23.0. The van der Waals surface area contributed by atoms with Crippen molar-refractivity contribution in [2.75, 3.05) is 47.4 Å². The van der Waals surface area contributed by atoms with Gasteiger partial charge in [-0.2, -0.15) is 5.26 Å². The zero-order chi connectivity index (χ0) is 24.5. The van der Waals surface area contributed by atoms with Crippen molar-refractivity contribution in [2.45, 2.75) is 32.6 Å². The number of nitrogens with zero attached hydrogens (tertiary/aromatic N) is 4. The lowest BCUT2D eigenvalue weighted by molar-refractivity contribution is -0.119. The third-order valence-electron chi connectivity index (χ3n) is 6.64. The van der Waals surface area contributed by atoms with E-state index >= 15 is 0 Å². The first-order chi connectivity index (χ1) is 16.3. The van der Waals surface area contributed by atoms with Crippen LogP contribution < -0.4 is 9.47 Å². The summed E-state index contributed by atoms with van der Waals surface area (Å²) < 4.78 is 17.1. The number of benzene rings is 1. The molecule has 0 aromatic heterocycles. The van der Waals surface area contributed by atoms with Gasteiger partial charge in [0.1, 0.15) is 17.4 Å². The molecule has 1 saturated heterocycles. The summed E-state index contributed by atoms with van der Waals surface area (Å²) in [5, 5.41) is 10.2. The largest absolute Gasteiger partial charge is 0.493 e. The molecule has 1 aromatic carbocycles. The zero-order valence-corrected chi connectivity index (χ0v) is 20.6. The van der Waals surface area contributed by atoms with Gasteiger partial charge in [-0.3, -0.25) is 4.79 Å². The van der Waals surface area contributed by atoms with E-state index in [-0.39, 0.29) is 17.1 Å². The van der Waals surface area contributed by atoms with Gasteiger partial charge >= 0.3 is 0 Å². The highest BCUT2D eigenvalue weighted by molar-refractivity contribution is 6.00. The Hall–Kier alpha value is -3.31. The molecule has 34 heavy (non-hydrogen) atoms. The summed E-state index contributed by atoms with van der Waals surface area (Å²) in [6, 6.07) is 7.78. The van der Waals surface area contributed by atoms with Crippen molar-refractivity contribution in [3.63, 3.8) is 0 Å². The van der Waals surface area contributed by atoms with Gasteiger partial charge in [0.25, 0.3) is 0 Å². The van der Waals surface area contributed by atoms with Crippen LogP contribution in [-0.4, -0.2) is 69.4 Å². The fraction of sp³-hybridized carbons (Fsp3) is 0.500. The van der Waals surface area contributed by atoms with Crippen LogP contribution in [0.2, 0.25) is 0 Å². The molecule has 1 aromatic rings. The van der Waals surface area contributed by atoms with Crippen LogP contribution in [0.3, 0.4) is 0 Å². The fourth-order valence-corrected chi connectivity index (χ4v) is 4.78. The number of carbonyl (C=O) groups excluding carboxylic acids is 1. The number of hydrogen-bond acceptors (Lipinski definition) is 7. The molecule has 0 amide bonds. The van der Waals surface area contributed by atoms with Gasteiger partial charge in [0.15, 0.2) is 17.3 Å². The molecule has 0 N–H and O–H groups in total. The lowest BCUT2D eigenvalue weighted by Gasteiger charge is -2.37. The first-order valence-electron chi connectivity index (χ1n) is 11.5. The molecule has 4 rings (SSSR count). The molecule has 0 radical (unpaired) electrons. The molecular weight excluding hydrogens is 432 g/mol. The van der Waals surface area contributed by atoms with Gasteiger partial charge in [-0.25, -0.2) is 4.99 Å². The smallest absolute Gasteiger partial charge is 0.235 e. The van der Waals surface area contributed by atoms with Gasteiger partial charge in [0, 0.05) is 44.6 Å². The molecule has 1 aliphatic carbocycles. The molecule has 2 heterocycles. The van der Waals surface area contributed by atoms with E-state index in [1.54, 1.807) is 26.6 Å². The average molecular weight is 465 g/mol. The van der Waals surface area contributed by atoms with E-state index < -0.39 is 5.92 Å².